The molecule has 17 heavy (non-hydrogen) atoms. The number of carbonyl (C=O) groups excluding carboxylic acids is 1. The fraction of sp³-hybridized carbons (Fsp3) is 0.286. The molecule has 0 fully saturated rings. The Balaban J connectivity index is 1.86. The molecule has 0 spiro atoms. The second-order valence-electron chi connectivity index (χ2n) is 4.11. The van der Waals surface area contributed by atoms with Crippen molar-refractivity contribution in [2.75, 3.05) is 0 Å². The fourth-order valence-corrected chi connectivity index (χ4v) is 2.40. The average molecular weight is 245 g/mol. The van der Waals surface area contributed by atoms with Crippen LogP contribution in [-0.4, -0.2) is 10.8 Å². The highest BCUT2D eigenvalue weighted by atomic mass is 32.1. The predicted octanol–water partition coefficient (Wildman–Crippen LogP) is 3.20. The van der Waals surface area contributed by atoms with E-state index in [0.717, 1.165) is 11.3 Å². The molecule has 0 atom stereocenters. The van der Waals surface area contributed by atoms with E-state index in [2.05, 4.69) is 24.0 Å². The Morgan fingerprint density at radius 3 is 2.88 bits per heavy atom. The maximum Gasteiger partial charge on any atom is 0.138 e. The van der Waals surface area contributed by atoms with Gasteiger partial charge in [-0.15, -0.1) is 11.3 Å². The van der Waals surface area contributed by atoms with E-state index in [1.807, 2.05) is 12.1 Å². The highest BCUT2D eigenvalue weighted by Gasteiger charge is 2.06. The molecule has 2 nitrogen and oxygen atoms in total. The van der Waals surface area contributed by atoms with Crippen LogP contribution in [-0.2, 0) is 17.6 Å². The van der Waals surface area contributed by atoms with Crippen LogP contribution in [0, 0.1) is 6.92 Å². The molecular weight excluding hydrogens is 230 g/mol. The number of hydrogen-bond donors (Lipinski definition) is 0. The van der Waals surface area contributed by atoms with Gasteiger partial charge in [0.25, 0.3) is 0 Å². The highest BCUT2D eigenvalue weighted by molar-refractivity contribution is 7.09. The quantitative estimate of drug-likeness (QED) is 0.809. The van der Waals surface area contributed by atoms with Crippen LogP contribution in [0.3, 0.4) is 0 Å². The van der Waals surface area contributed by atoms with Gasteiger partial charge in [0, 0.05) is 23.9 Å². The lowest BCUT2D eigenvalue weighted by Gasteiger charge is -2.04. The van der Waals surface area contributed by atoms with E-state index in [4.69, 9.17) is 0 Å². The smallest absolute Gasteiger partial charge is 0.138 e. The molecule has 0 bridgehead atoms. The van der Waals surface area contributed by atoms with Crippen LogP contribution in [0.15, 0.2) is 36.0 Å². The number of Topliss-reactive ketones (excluding diaryl/α,β-unsaturated/α-hetero) is 1. The van der Waals surface area contributed by atoms with Crippen LogP contribution in [0.25, 0.3) is 0 Å². The minimum absolute atomic E-state index is 0.289. The molecule has 0 N–H and O–H groups in total. The standard InChI is InChI=1S/C14H15NOS/c1-11-4-2-3-5-12(11)6-7-13(16)8-14-9-15-10-17-14/h2-5,9-10H,6-8H2,1H3. The second-order valence-corrected chi connectivity index (χ2v) is 5.08. The molecule has 1 heterocycles. The molecule has 88 valence electrons. The summed E-state index contributed by atoms with van der Waals surface area (Å²) in [4.78, 5) is 16.8. The van der Waals surface area contributed by atoms with Gasteiger partial charge in [-0.05, 0) is 24.5 Å². The molecule has 3 heteroatoms. The SMILES string of the molecule is Cc1ccccc1CCC(=O)Cc1cncs1. The van der Waals surface area contributed by atoms with Crippen LogP contribution in [0.1, 0.15) is 22.4 Å². The maximum absolute atomic E-state index is 11.8. The molecule has 0 amide bonds. The van der Waals surface area contributed by atoms with Crippen molar-refractivity contribution in [1.29, 1.82) is 0 Å². The summed E-state index contributed by atoms with van der Waals surface area (Å²) >= 11 is 1.54. The zero-order valence-corrected chi connectivity index (χ0v) is 10.7. The first-order valence-corrected chi connectivity index (χ1v) is 6.57. The summed E-state index contributed by atoms with van der Waals surface area (Å²) in [5.74, 6) is 0.289. The van der Waals surface area contributed by atoms with Crippen molar-refractivity contribution in [3.05, 3.63) is 52.0 Å². The normalized spacial score (nSPS) is 10.4. The van der Waals surface area contributed by atoms with Crippen molar-refractivity contribution < 1.29 is 4.79 Å². The zero-order valence-electron chi connectivity index (χ0n) is 9.85. The van der Waals surface area contributed by atoms with Crippen LogP contribution >= 0.6 is 11.3 Å². The lowest BCUT2D eigenvalue weighted by molar-refractivity contribution is -0.118. The second kappa shape index (κ2) is 5.73. The Bertz CT molecular complexity index is 491. The molecule has 2 aromatic rings. The third kappa shape index (κ3) is 3.49. The zero-order chi connectivity index (χ0) is 12.1. The van der Waals surface area contributed by atoms with Crippen LogP contribution in [0.2, 0.25) is 0 Å². The van der Waals surface area contributed by atoms with E-state index in [-0.39, 0.29) is 5.78 Å². The van der Waals surface area contributed by atoms with Gasteiger partial charge in [-0.25, -0.2) is 0 Å². The number of aromatic nitrogens is 1. The van der Waals surface area contributed by atoms with Crippen molar-refractivity contribution >= 4 is 17.1 Å². The number of benzene rings is 1. The van der Waals surface area contributed by atoms with Gasteiger partial charge in [-0.3, -0.25) is 9.78 Å². The third-order valence-electron chi connectivity index (χ3n) is 2.79. The van der Waals surface area contributed by atoms with Crippen molar-refractivity contribution in [3.63, 3.8) is 0 Å². The number of nitrogens with zero attached hydrogens (tertiary/aromatic N) is 1. The van der Waals surface area contributed by atoms with Gasteiger partial charge in [-0.1, -0.05) is 24.3 Å². The largest absolute Gasteiger partial charge is 0.299 e. The van der Waals surface area contributed by atoms with Crippen molar-refractivity contribution in [2.24, 2.45) is 0 Å². The highest BCUT2D eigenvalue weighted by Crippen LogP contribution is 2.12. The molecule has 1 aromatic heterocycles. The molecule has 0 saturated heterocycles. The Labute approximate surface area is 105 Å². The van der Waals surface area contributed by atoms with E-state index in [1.165, 1.54) is 11.1 Å². The van der Waals surface area contributed by atoms with Crippen molar-refractivity contribution in [3.8, 4) is 0 Å². The molecule has 0 saturated carbocycles. The molecule has 0 aliphatic heterocycles. The lowest BCUT2D eigenvalue weighted by Crippen LogP contribution is -2.03. The van der Waals surface area contributed by atoms with Gasteiger partial charge in [0.15, 0.2) is 0 Å². The lowest BCUT2D eigenvalue weighted by atomic mass is 10.0. The van der Waals surface area contributed by atoms with Gasteiger partial charge in [0.1, 0.15) is 5.78 Å². The summed E-state index contributed by atoms with van der Waals surface area (Å²) in [6, 6.07) is 8.23. The summed E-state index contributed by atoms with van der Waals surface area (Å²) in [5.41, 5.74) is 4.30. The fourth-order valence-electron chi connectivity index (χ4n) is 1.78. The molecule has 2 rings (SSSR count). The van der Waals surface area contributed by atoms with Crippen LogP contribution in [0.4, 0.5) is 0 Å². The van der Waals surface area contributed by atoms with Crippen LogP contribution in [0.5, 0.6) is 0 Å². The number of hydrogen-bond acceptors (Lipinski definition) is 3. The van der Waals surface area contributed by atoms with E-state index >= 15 is 0 Å². The minimum atomic E-state index is 0.289. The van der Waals surface area contributed by atoms with Crippen molar-refractivity contribution in [1.82, 2.24) is 4.98 Å². The first kappa shape index (κ1) is 12.0. The first-order chi connectivity index (χ1) is 8.25. The van der Waals surface area contributed by atoms with E-state index in [0.29, 0.717) is 12.8 Å². The molecule has 0 aliphatic rings. The number of thiazole rings is 1. The van der Waals surface area contributed by atoms with E-state index in [1.54, 1.807) is 23.0 Å². The Hall–Kier alpha value is -1.48. The predicted molar refractivity (Wildman–Crippen MR) is 70.3 cm³/mol. The minimum Gasteiger partial charge on any atom is -0.299 e. The van der Waals surface area contributed by atoms with Crippen molar-refractivity contribution in [2.45, 2.75) is 26.2 Å². The van der Waals surface area contributed by atoms with Gasteiger partial charge >= 0.3 is 0 Å². The van der Waals surface area contributed by atoms with E-state index < -0.39 is 0 Å². The van der Waals surface area contributed by atoms with Gasteiger partial charge in [0.05, 0.1) is 5.51 Å². The van der Waals surface area contributed by atoms with E-state index in [9.17, 15) is 4.79 Å². The summed E-state index contributed by atoms with van der Waals surface area (Å²) in [6.07, 6.45) is 3.75. The number of carbonyl (C=O) groups is 1. The number of ketones is 1. The van der Waals surface area contributed by atoms with Crippen LogP contribution < -0.4 is 0 Å². The molecule has 0 unspecified atom stereocenters. The summed E-state index contributed by atoms with van der Waals surface area (Å²) in [5, 5.41) is 0. The summed E-state index contributed by atoms with van der Waals surface area (Å²) in [7, 11) is 0. The Morgan fingerprint density at radius 1 is 1.35 bits per heavy atom. The molecular formula is C14H15NOS. The first-order valence-electron chi connectivity index (χ1n) is 5.69. The van der Waals surface area contributed by atoms with Gasteiger partial charge in [-0.2, -0.15) is 0 Å². The molecule has 0 radical (unpaired) electrons. The summed E-state index contributed by atoms with van der Waals surface area (Å²) < 4.78 is 0. The van der Waals surface area contributed by atoms with Gasteiger partial charge in [0.2, 0.25) is 0 Å². The Morgan fingerprint density at radius 2 is 2.18 bits per heavy atom. The molecule has 1 aromatic carbocycles. The molecule has 0 aliphatic carbocycles. The Kier molecular flexibility index (Phi) is 4.04. The topological polar surface area (TPSA) is 30.0 Å². The number of aryl methyl sites for hydroxylation is 2. The maximum atomic E-state index is 11.8. The van der Waals surface area contributed by atoms with Gasteiger partial charge < -0.3 is 0 Å². The number of rotatable bonds is 5. The summed E-state index contributed by atoms with van der Waals surface area (Å²) in [6.45, 7) is 2.09. The average Bonchev–Trinajstić information content (AvgIpc) is 2.81. The third-order valence-corrected chi connectivity index (χ3v) is 3.57. The monoisotopic (exact) mass is 245 g/mol.